The normalized spacial score (nSPS) is 12.2. The zero-order valence-corrected chi connectivity index (χ0v) is 21.9. The molecule has 6 nitrogen and oxygen atoms in total. The highest BCUT2D eigenvalue weighted by molar-refractivity contribution is 8.00. The maximum Gasteiger partial charge on any atom is 0.237 e. The molecule has 6 rings (SSSR count). The number of fused-ring (bicyclic) bond motifs is 4. The Labute approximate surface area is 225 Å². The van der Waals surface area contributed by atoms with E-state index in [2.05, 4.69) is 56.5 Å². The topological polar surface area (TPSA) is 72.7 Å². The molecule has 0 spiro atoms. The van der Waals surface area contributed by atoms with Gasteiger partial charge >= 0.3 is 0 Å². The Kier molecular flexibility index (Phi) is 6.75. The number of aromatic nitrogens is 4. The van der Waals surface area contributed by atoms with Crippen molar-refractivity contribution in [1.29, 1.82) is 0 Å². The second kappa shape index (κ2) is 10.6. The number of carbonyl (C=O) groups excluding carboxylic acids is 1. The number of nitrogens with zero attached hydrogens (tertiary/aromatic N) is 4. The van der Waals surface area contributed by atoms with E-state index in [0.29, 0.717) is 11.6 Å². The fourth-order valence-corrected chi connectivity index (χ4v) is 5.66. The first-order chi connectivity index (χ1) is 18.7. The van der Waals surface area contributed by atoms with Crippen LogP contribution in [0.2, 0.25) is 0 Å². The van der Waals surface area contributed by atoms with Gasteiger partial charge < -0.3 is 9.88 Å². The summed E-state index contributed by atoms with van der Waals surface area (Å²) < 4.78 is 2.22. The summed E-state index contributed by atoms with van der Waals surface area (Å²) in [5.74, 6) is -0.0674. The summed E-state index contributed by atoms with van der Waals surface area (Å²) >= 11 is 1.36. The number of nitrogens with one attached hydrogen (secondary N) is 1. The molecular formula is C31H27N5OS. The van der Waals surface area contributed by atoms with Gasteiger partial charge in [-0.1, -0.05) is 104 Å². The molecule has 38 heavy (non-hydrogen) atoms. The largest absolute Gasteiger partial charge is 0.325 e. The van der Waals surface area contributed by atoms with Crippen LogP contribution in [0.1, 0.15) is 18.9 Å². The predicted molar refractivity (Wildman–Crippen MR) is 155 cm³/mol. The third-order valence-corrected chi connectivity index (χ3v) is 8.00. The number of anilines is 1. The lowest BCUT2D eigenvalue weighted by Crippen LogP contribution is -2.25. The van der Waals surface area contributed by atoms with Crippen LogP contribution in [-0.2, 0) is 17.8 Å². The molecule has 188 valence electrons. The van der Waals surface area contributed by atoms with Crippen LogP contribution < -0.4 is 5.32 Å². The van der Waals surface area contributed by atoms with Gasteiger partial charge in [-0.05, 0) is 35.9 Å². The quantitative estimate of drug-likeness (QED) is 0.223. The molecule has 2 heterocycles. The SMILES string of the molecule is CC[C@H](Sc1nnc2c3ccccc3n(CCc3ccccc3)c2n1)C(=O)Nc1cccc2ccccc12. The van der Waals surface area contributed by atoms with Gasteiger partial charge in [0, 0.05) is 23.0 Å². The van der Waals surface area contributed by atoms with E-state index in [4.69, 9.17) is 4.98 Å². The monoisotopic (exact) mass is 517 g/mol. The van der Waals surface area contributed by atoms with Gasteiger partial charge in [0.2, 0.25) is 11.1 Å². The van der Waals surface area contributed by atoms with Gasteiger partial charge in [0.1, 0.15) is 5.52 Å². The molecule has 4 aromatic carbocycles. The van der Waals surface area contributed by atoms with Crippen LogP contribution in [0, 0.1) is 0 Å². The van der Waals surface area contributed by atoms with E-state index in [0.717, 1.165) is 51.5 Å². The van der Waals surface area contributed by atoms with Crippen LogP contribution in [0.25, 0.3) is 32.8 Å². The molecule has 2 aromatic heterocycles. The maximum absolute atomic E-state index is 13.3. The Morgan fingerprint density at radius 3 is 2.45 bits per heavy atom. The number of hydrogen-bond donors (Lipinski definition) is 1. The van der Waals surface area contributed by atoms with Gasteiger partial charge in [0.05, 0.1) is 10.8 Å². The van der Waals surface area contributed by atoms with E-state index in [-0.39, 0.29) is 11.2 Å². The van der Waals surface area contributed by atoms with Crippen LogP contribution in [0.15, 0.2) is 102 Å². The Morgan fingerprint density at radius 1 is 0.868 bits per heavy atom. The lowest BCUT2D eigenvalue weighted by molar-refractivity contribution is -0.115. The molecule has 1 N–H and O–H groups in total. The van der Waals surface area contributed by atoms with Crippen molar-refractivity contribution >= 4 is 56.2 Å². The van der Waals surface area contributed by atoms with Crippen molar-refractivity contribution in [3.05, 3.63) is 103 Å². The molecule has 0 aliphatic rings. The summed E-state index contributed by atoms with van der Waals surface area (Å²) in [5.41, 5.74) is 4.74. The molecule has 1 atom stereocenters. The highest BCUT2D eigenvalue weighted by Gasteiger charge is 2.22. The van der Waals surface area contributed by atoms with E-state index in [9.17, 15) is 4.79 Å². The van der Waals surface area contributed by atoms with Crippen LogP contribution in [0.4, 0.5) is 5.69 Å². The summed E-state index contributed by atoms with van der Waals surface area (Å²) in [4.78, 5) is 18.2. The minimum absolute atomic E-state index is 0.0674. The molecule has 0 saturated heterocycles. The predicted octanol–water partition coefficient (Wildman–Crippen LogP) is 6.88. The third kappa shape index (κ3) is 4.73. The number of hydrogen-bond acceptors (Lipinski definition) is 5. The van der Waals surface area contributed by atoms with Crippen LogP contribution in [-0.4, -0.2) is 30.9 Å². The third-order valence-electron chi connectivity index (χ3n) is 6.78. The summed E-state index contributed by atoms with van der Waals surface area (Å²) in [6.07, 6.45) is 1.52. The molecule has 1 amide bonds. The summed E-state index contributed by atoms with van der Waals surface area (Å²) in [6.45, 7) is 2.78. The van der Waals surface area contributed by atoms with Gasteiger partial charge in [-0.25, -0.2) is 4.98 Å². The van der Waals surface area contributed by atoms with E-state index < -0.39 is 0 Å². The van der Waals surface area contributed by atoms with E-state index >= 15 is 0 Å². The second-order valence-electron chi connectivity index (χ2n) is 9.20. The number of aryl methyl sites for hydroxylation is 2. The average Bonchev–Trinajstić information content (AvgIpc) is 3.28. The molecule has 6 aromatic rings. The number of benzene rings is 4. The standard InChI is InChI=1S/C31H27N5OS/c1-2-27(30(37)32-25-17-10-14-22-13-6-7-15-23(22)25)38-31-33-29-28(34-35-31)24-16-8-9-18-26(24)36(29)20-19-21-11-4-3-5-12-21/h3-18,27H,2,19-20H2,1H3,(H,32,37)/t27-/m0/s1. The molecule has 0 radical (unpaired) electrons. The molecule has 0 unspecified atom stereocenters. The van der Waals surface area contributed by atoms with Gasteiger partial charge in [-0.2, -0.15) is 0 Å². The highest BCUT2D eigenvalue weighted by atomic mass is 32.2. The molecule has 0 aliphatic carbocycles. The van der Waals surface area contributed by atoms with E-state index in [1.54, 1.807) is 0 Å². The fraction of sp³-hybridized carbons (Fsp3) is 0.161. The van der Waals surface area contributed by atoms with Gasteiger partial charge in [-0.15, -0.1) is 10.2 Å². The van der Waals surface area contributed by atoms with Crippen LogP contribution in [0.3, 0.4) is 0 Å². The number of carbonyl (C=O) groups is 1. The number of amides is 1. The average molecular weight is 518 g/mol. The Morgan fingerprint density at radius 2 is 1.61 bits per heavy atom. The first-order valence-corrected chi connectivity index (χ1v) is 13.7. The molecule has 0 saturated carbocycles. The molecule has 0 aliphatic heterocycles. The second-order valence-corrected chi connectivity index (χ2v) is 10.4. The number of para-hydroxylation sites is 1. The molecule has 7 heteroatoms. The molecule has 0 bridgehead atoms. The van der Waals surface area contributed by atoms with Crippen molar-refractivity contribution in [2.24, 2.45) is 0 Å². The highest BCUT2D eigenvalue weighted by Crippen LogP contribution is 2.30. The van der Waals surface area contributed by atoms with Gasteiger partial charge in [-0.3, -0.25) is 4.79 Å². The zero-order chi connectivity index (χ0) is 25.9. The van der Waals surface area contributed by atoms with E-state index in [1.165, 1.54) is 17.3 Å². The lowest BCUT2D eigenvalue weighted by Gasteiger charge is -2.15. The van der Waals surface area contributed by atoms with Gasteiger partial charge in [0.25, 0.3) is 0 Å². The minimum atomic E-state index is -0.352. The van der Waals surface area contributed by atoms with Crippen molar-refractivity contribution < 1.29 is 4.79 Å². The van der Waals surface area contributed by atoms with Crippen LogP contribution in [0.5, 0.6) is 0 Å². The Balaban J connectivity index is 1.29. The number of thioether (sulfide) groups is 1. The zero-order valence-electron chi connectivity index (χ0n) is 21.0. The number of rotatable bonds is 8. The fourth-order valence-electron chi connectivity index (χ4n) is 4.85. The van der Waals surface area contributed by atoms with Crippen molar-refractivity contribution in [3.63, 3.8) is 0 Å². The van der Waals surface area contributed by atoms with Crippen LogP contribution >= 0.6 is 11.8 Å². The molecular weight excluding hydrogens is 490 g/mol. The van der Waals surface area contributed by atoms with Crippen molar-refractivity contribution in [1.82, 2.24) is 19.7 Å². The maximum atomic E-state index is 13.3. The van der Waals surface area contributed by atoms with Crippen molar-refractivity contribution in [2.45, 2.75) is 36.7 Å². The van der Waals surface area contributed by atoms with Crippen molar-refractivity contribution in [3.8, 4) is 0 Å². The van der Waals surface area contributed by atoms with Gasteiger partial charge in [0.15, 0.2) is 5.65 Å². The Bertz CT molecular complexity index is 1740. The summed E-state index contributed by atoms with van der Waals surface area (Å²) in [7, 11) is 0. The van der Waals surface area contributed by atoms with E-state index in [1.807, 2.05) is 67.6 Å². The molecule has 0 fully saturated rings. The smallest absolute Gasteiger partial charge is 0.237 e. The Hall–Kier alpha value is -4.23. The summed E-state index contributed by atoms with van der Waals surface area (Å²) in [5, 5.41) is 15.4. The first kappa shape index (κ1) is 24.1. The lowest BCUT2D eigenvalue weighted by atomic mass is 10.1. The summed E-state index contributed by atoms with van der Waals surface area (Å²) in [6, 6.07) is 32.6. The first-order valence-electron chi connectivity index (χ1n) is 12.8. The van der Waals surface area contributed by atoms with Crippen molar-refractivity contribution in [2.75, 3.05) is 5.32 Å². The minimum Gasteiger partial charge on any atom is -0.325 e.